The van der Waals surface area contributed by atoms with Crippen molar-refractivity contribution in [1.82, 2.24) is 14.8 Å². The highest BCUT2D eigenvalue weighted by molar-refractivity contribution is 5.94. The Morgan fingerprint density at radius 1 is 1.11 bits per heavy atom. The zero-order valence-electron chi connectivity index (χ0n) is 15.9. The maximum absolute atomic E-state index is 12.7. The van der Waals surface area contributed by atoms with Crippen LogP contribution >= 0.6 is 0 Å². The maximum Gasteiger partial charge on any atom is 0.416 e. The van der Waals surface area contributed by atoms with Gasteiger partial charge < -0.3 is 14.8 Å². The zero-order chi connectivity index (χ0) is 20.5. The number of alkyl halides is 3. The largest absolute Gasteiger partial charge is 0.416 e. The average Bonchev–Trinajstić information content (AvgIpc) is 2.98. The third-order valence-corrected chi connectivity index (χ3v) is 4.84. The second-order valence-electron chi connectivity index (χ2n) is 6.98. The number of nitrogens with zero attached hydrogens (tertiary/aromatic N) is 2. The van der Waals surface area contributed by atoms with Gasteiger partial charge in [0.25, 0.3) is 5.91 Å². The molecule has 148 valence electrons. The van der Waals surface area contributed by atoms with E-state index in [-0.39, 0.29) is 11.6 Å². The predicted molar refractivity (Wildman–Crippen MR) is 103 cm³/mol. The number of aromatic nitrogens is 1. The Bertz CT molecular complexity index is 975. The molecule has 1 amide bonds. The third kappa shape index (κ3) is 4.04. The predicted octanol–water partition coefficient (Wildman–Crippen LogP) is 4.23. The molecule has 1 heterocycles. The lowest BCUT2D eigenvalue weighted by atomic mass is 10.0. The number of hydrogen-bond acceptors (Lipinski definition) is 2. The molecule has 4 nitrogen and oxygen atoms in total. The summed E-state index contributed by atoms with van der Waals surface area (Å²) >= 11 is 0. The first-order chi connectivity index (χ1) is 13.2. The van der Waals surface area contributed by atoms with Gasteiger partial charge in [0.1, 0.15) is 0 Å². The van der Waals surface area contributed by atoms with Crippen molar-refractivity contribution in [2.24, 2.45) is 7.05 Å². The number of halogens is 3. The molecule has 2 aromatic carbocycles. The normalized spacial score (nSPS) is 13.1. The zero-order valence-corrected chi connectivity index (χ0v) is 15.9. The van der Waals surface area contributed by atoms with Gasteiger partial charge in [-0.1, -0.05) is 18.2 Å². The summed E-state index contributed by atoms with van der Waals surface area (Å²) in [6.45, 7) is 0.334. The van der Waals surface area contributed by atoms with Gasteiger partial charge in [0.2, 0.25) is 0 Å². The van der Waals surface area contributed by atoms with Crippen molar-refractivity contribution < 1.29 is 18.0 Å². The molecule has 1 aromatic heterocycles. The highest BCUT2D eigenvalue weighted by Crippen LogP contribution is 2.30. The van der Waals surface area contributed by atoms with Gasteiger partial charge in [-0.2, -0.15) is 13.2 Å². The number of nitrogens with one attached hydrogen (secondary N) is 1. The third-order valence-electron chi connectivity index (χ3n) is 4.84. The summed E-state index contributed by atoms with van der Waals surface area (Å²) < 4.78 is 40.1. The fourth-order valence-corrected chi connectivity index (χ4v) is 3.31. The smallest absolute Gasteiger partial charge is 0.350 e. The maximum atomic E-state index is 12.7. The molecule has 1 unspecified atom stereocenters. The lowest BCUT2D eigenvalue weighted by Crippen LogP contribution is -2.34. The van der Waals surface area contributed by atoms with Crippen LogP contribution in [0.3, 0.4) is 0 Å². The topological polar surface area (TPSA) is 37.3 Å². The number of hydrogen-bond donors (Lipinski definition) is 1. The van der Waals surface area contributed by atoms with E-state index in [4.69, 9.17) is 0 Å². The van der Waals surface area contributed by atoms with Crippen molar-refractivity contribution in [3.8, 4) is 0 Å². The van der Waals surface area contributed by atoms with Gasteiger partial charge >= 0.3 is 6.18 Å². The number of likely N-dealkylation sites (N-methyl/N-ethyl adjacent to an activating group) is 1. The van der Waals surface area contributed by atoms with Gasteiger partial charge in [0.15, 0.2) is 0 Å². The number of carbonyl (C=O) groups excluding carboxylic acids is 1. The minimum Gasteiger partial charge on any atom is -0.350 e. The van der Waals surface area contributed by atoms with E-state index in [9.17, 15) is 18.0 Å². The lowest BCUT2D eigenvalue weighted by molar-refractivity contribution is -0.137. The molecular weight excluding hydrogens is 367 g/mol. The highest BCUT2D eigenvalue weighted by Gasteiger charge is 2.30. The van der Waals surface area contributed by atoms with E-state index in [1.165, 1.54) is 12.1 Å². The first-order valence-corrected chi connectivity index (χ1v) is 8.84. The Balaban J connectivity index is 1.77. The summed E-state index contributed by atoms with van der Waals surface area (Å²) in [4.78, 5) is 14.4. The Labute approximate surface area is 161 Å². The molecule has 3 rings (SSSR count). The molecule has 28 heavy (non-hydrogen) atoms. The van der Waals surface area contributed by atoms with Gasteiger partial charge in [0, 0.05) is 36.3 Å². The van der Waals surface area contributed by atoms with Crippen molar-refractivity contribution in [1.29, 1.82) is 0 Å². The molecule has 1 N–H and O–H groups in total. The van der Waals surface area contributed by atoms with Crippen LogP contribution in [-0.4, -0.2) is 36.0 Å². The molecule has 1 atom stereocenters. The average molecular weight is 389 g/mol. The van der Waals surface area contributed by atoms with Crippen LogP contribution < -0.4 is 5.32 Å². The van der Waals surface area contributed by atoms with Crippen LogP contribution in [0, 0.1) is 0 Å². The number of rotatable bonds is 5. The number of carbonyl (C=O) groups is 1. The molecule has 0 aliphatic carbocycles. The van der Waals surface area contributed by atoms with Crippen LogP contribution in [0.2, 0.25) is 0 Å². The molecular formula is C21H22F3N3O. The number of para-hydroxylation sites is 1. The molecule has 0 bridgehead atoms. The lowest BCUT2D eigenvalue weighted by Gasteiger charge is -2.24. The number of benzene rings is 2. The first-order valence-electron chi connectivity index (χ1n) is 8.84. The van der Waals surface area contributed by atoms with Crippen molar-refractivity contribution >= 4 is 16.8 Å². The van der Waals surface area contributed by atoms with Crippen molar-refractivity contribution in [2.45, 2.75) is 12.2 Å². The Hall–Kier alpha value is -2.80. The quantitative estimate of drug-likeness (QED) is 0.709. The van der Waals surface area contributed by atoms with Gasteiger partial charge in [-0.25, -0.2) is 0 Å². The molecule has 0 saturated heterocycles. The van der Waals surface area contributed by atoms with Gasteiger partial charge in [0.05, 0.1) is 11.6 Å². The molecule has 0 spiro atoms. The Kier molecular flexibility index (Phi) is 5.47. The Morgan fingerprint density at radius 2 is 1.75 bits per heavy atom. The van der Waals surface area contributed by atoms with E-state index in [0.29, 0.717) is 6.54 Å². The monoisotopic (exact) mass is 389 g/mol. The fourth-order valence-electron chi connectivity index (χ4n) is 3.31. The molecule has 0 aliphatic rings. The van der Waals surface area contributed by atoms with Gasteiger partial charge in [-0.15, -0.1) is 0 Å². The van der Waals surface area contributed by atoms with Crippen LogP contribution in [-0.2, 0) is 13.2 Å². The molecule has 0 saturated carbocycles. The van der Waals surface area contributed by atoms with Crippen molar-refractivity contribution in [3.05, 3.63) is 71.4 Å². The van der Waals surface area contributed by atoms with Crippen LogP contribution in [0.4, 0.5) is 13.2 Å². The minimum absolute atomic E-state index is 0.0792. The minimum atomic E-state index is -4.42. The van der Waals surface area contributed by atoms with Crippen LogP contribution in [0.15, 0.2) is 54.7 Å². The summed E-state index contributed by atoms with van der Waals surface area (Å²) in [6.07, 6.45) is -2.38. The number of fused-ring (bicyclic) bond motifs is 1. The highest BCUT2D eigenvalue weighted by atomic mass is 19.4. The second kappa shape index (κ2) is 7.67. The van der Waals surface area contributed by atoms with E-state index in [1.807, 2.05) is 61.1 Å². The fraction of sp³-hybridized carbons (Fsp3) is 0.286. The van der Waals surface area contributed by atoms with Gasteiger partial charge in [-0.3, -0.25) is 4.79 Å². The molecule has 0 fully saturated rings. The standard InChI is InChI=1S/C21H22F3N3O/c1-26(2)19(17-13-27(3)18-7-5-4-6-16(17)18)12-25-20(28)14-8-10-15(11-9-14)21(22,23)24/h4-11,13,19H,12H2,1-3H3,(H,25,28). The van der Waals surface area contributed by atoms with Crippen LogP contribution in [0.5, 0.6) is 0 Å². The van der Waals surface area contributed by atoms with E-state index < -0.39 is 17.6 Å². The van der Waals surface area contributed by atoms with E-state index in [1.54, 1.807) is 0 Å². The molecule has 0 radical (unpaired) electrons. The first kappa shape index (κ1) is 19.9. The summed E-state index contributed by atoms with van der Waals surface area (Å²) in [5.74, 6) is -0.402. The Morgan fingerprint density at radius 3 is 2.36 bits per heavy atom. The summed E-state index contributed by atoms with van der Waals surface area (Å²) in [5.41, 5.74) is 1.60. The van der Waals surface area contributed by atoms with Crippen molar-refractivity contribution in [3.63, 3.8) is 0 Å². The SMILES string of the molecule is CN(C)C(CNC(=O)c1ccc(C(F)(F)F)cc1)c1cn(C)c2ccccc12. The van der Waals surface area contributed by atoms with Gasteiger partial charge in [-0.05, 0) is 50.0 Å². The van der Waals surface area contributed by atoms with Crippen molar-refractivity contribution in [2.75, 3.05) is 20.6 Å². The molecule has 3 aromatic rings. The molecule has 7 heteroatoms. The number of aryl methyl sites for hydroxylation is 1. The van der Waals surface area contributed by atoms with E-state index in [0.717, 1.165) is 28.6 Å². The van der Waals surface area contributed by atoms with Crippen LogP contribution in [0.25, 0.3) is 10.9 Å². The second-order valence-corrected chi connectivity index (χ2v) is 6.98. The van der Waals surface area contributed by atoms with Crippen LogP contribution in [0.1, 0.15) is 27.5 Å². The number of amides is 1. The summed E-state index contributed by atoms with van der Waals surface area (Å²) in [5, 5.41) is 3.94. The summed E-state index contributed by atoms with van der Waals surface area (Å²) in [6, 6.07) is 12.2. The summed E-state index contributed by atoms with van der Waals surface area (Å²) in [7, 11) is 5.83. The van der Waals surface area contributed by atoms with E-state index in [2.05, 4.69) is 5.32 Å². The van der Waals surface area contributed by atoms with E-state index >= 15 is 0 Å². The molecule has 0 aliphatic heterocycles.